The topological polar surface area (TPSA) is 111 Å². The van der Waals surface area contributed by atoms with E-state index in [0.717, 1.165) is 11.3 Å². The van der Waals surface area contributed by atoms with Crippen molar-refractivity contribution in [3.8, 4) is 0 Å². The number of rotatable bonds is 6. The van der Waals surface area contributed by atoms with E-state index in [2.05, 4.69) is 4.98 Å². The van der Waals surface area contributed by atoms with Gasteiger partial charge in [-0.3, -0.25) is 10.2 Å². The molecule has 1 aromatic rings. The molecule has 1 heterocycles. The predicted octanol–water partition coefficient (Wildman–Crippen LogP) is 0.216. The molecule has 0 aliphatic heterocycles. The molecule has 0 bridgehead atoms. The van der Waals surface area contributed by atoms with Crippen molar-refractivity contribution in [1.29, 1.82) is 0 Å². The fourth-order valence-electron chi connectivity index (χ4n) is 1.28. The van der Waals surface area contributed by atoms with Crippen LogP contribution in [0.2, 0.25) is 0 Å². The number of carbonyl (C=O) groups excluding carboxylic acids is 1. The van der Waals surface area contributed by atoms with Crippen molar-refractivity contribution < 1.29 is 17.9 Å². The number of aromatic nitrogens is 1. The highest BCUT2D eigenvalue weighted by Crippen LogP contribution is 2.22. The number of amides is 1. The van der Waals surface area contributed by atoms with Crippen LogP contribution >= 0.6 is 11.3 Å². The van der Waals surface area contributed by atoms with Crippen molar-refractivity contribution in [3.63, 3.8) is 0 Å². The molecule has 1 amide bonds. The molecule has 19 heavy (non-hydrogen) atoms. The number of sulfone groups is 1. The summed E-state index contributed by atoms with van der Waals surface area (Å²) >= 11 is 1.01. The van der Waals surface area contributed by atoms with Crippen molar-refractivity contribution in [2.45, 2.75) is 31.5 Å². The number of nitrogens with two attached hydrogens (primary N) is 1. The lowest BCUT2D eigenvalue weighted by Gasteiger charge is -2.04. The molecule has 0 aliphatic rings. The number of thiazole rings is 1. The van der Waals surface area contributed by atoms with E-state index in [1.807, 2.05) is 5.43 Å². The quantitative estimate of drug-likeness (QED) is 0.442. The highest BCUT2D eigenvalue weighted by molar-refractivity contribution is 7.91. The Balaban J connectivity index is 3.08. The number of nitrogens with one attached hydrogen (secondary N) is 1. The van der Waals surface area contributed by atoms with Gasteiger partial charge in [-0.25, -0.2) is 19.2 Å². The van der Waals surface area contributed by atoms with Gasteiger partial charge in [0.15, 0.2) is 9.84 Å². The second-order valence-corrected chi connectivity index (χ2v) is 7.79. The van der Waals surface area contributed by atoms with Crippen molar-refractivity contribution in [2.75, 3.05) is 7.11 Å². The smallest absolute Gasteiger partial charge is 0.277 e. The van der Waals surface area contributed by atoms with Gasteiger partial charge in [-0.1, -0.05) is 0 Å². The van der Waals surface area contributed by atoms with Crippen LogP contribution in [0, 0.1) is 0 Å². The fourth-order valence-corrected chi connectivity index (χ4v) is 3.51. The fraction of sp³-hybridized carbons (Fsp3) is 0.600. The molecule has 0 fully saturated rings. The van der Waals surface area contributed by atoms with Gasteiger partial charge in [0.2, 0.25) is 0 Å². The zero-order chi connectivity index (χ0) is 14.6. The maximum Gasteiger partial charge on any atom is 0.277 e. The Morgan fingerprint density at radius 3 is 2.63 bits per heavy atom. The van der Waals surface area contributed by atoms with E-state index < -0.39 is 21.0 Å². The molecular weight excluding hydrogens is 290 g/mol. The molecular formula is C10H17N3O4S2. The van der Waals surface area contributed by atoms with E-state index in [-0.39, 0.29) is 17.2 Å². The van der Waals surface area contributed by atoms with Crippen LogP contribution < -0.4 is 11.3 Å². The summed E-state index contributed by atoms with van der Waals surface area (Å²) < 4.78 is 28.6. The minimum Gasteiger partial charge on any atom is -0.378 e. The molecule has 1 aromatic heterocycles. The number of methoxy groups -OCH3 is 1. The van der Waals surface area contributed by atoms with Gasteiger partial charge in [-0.05, 0) is 13.8 Å². The molecule has 0 unspecified atom stereocenters. The Labute approximate surface area is 116 Å². The summed E-state index contributed by atoms with van der Waals surface area (Å²) in [5.41, 5.74) is 2.40. The third kappa shape index (κ3) is 3.96. The van der Waals surface area contributed by atoms with Gasteiger partial charge in [-0.2, -0.15) is 0 Å². The molecule has 1 rings (SSSR count). The highest BCUT2D eigenvalue weighted by atomic mass is 32.2. The number of hydrogen-bond donors (Lipinski definition) is 2. The number of hydrazine groups is 1. The zero-order valence-electron chi connectivity index (χ0n) is 11.0. The number of nitrogen functional groups attached to an aromatic ring is 1. The summed E-state index contributed by atoms with van der Waals surface area (Å²) in [6, 6.07) is 0. The summed E-state index contributed by atoms with van der Waals surface area (Å²) in [5, 5.41) is -0.131. The van der Waals surface area contributed by atoms with Crippen LogP contribution in [0.1, 0.15) is 34.2 Å². The first kappa shape index (κ1) is 16.0. The zero-order valence-corrected chi connectivity index (χ0v) is 12.6. The van der Waals surface area contributed by atoms with E-state index in [1.165, 1.54) is 7.11 Å². The largest absolute Gasteiger partial charge is 0.378 e. The minimum absolute atomic E-state index is 0.126. The monoisotopic (exact) mass is 307 g/mol. The number of hydrogen-bond acceptors (Lipinski definition) is 7. The maximum atomic E-state index is 11.8. The Bertz CT molecular complexity index is 551. The van der Waals surface area contributed by atoms with Crippen LogP contribution in [0.4, 0.5) is 0 Å². The number of nitrogens with zero attached hydrogens (tertiary/aromatic N) is 1. The summed E-state index contributed by atoms with van der Waals surface area (Å²) in [6.07, 6.45) is 0. The summed E-state index contributed by atoms with van der Waals surface area (Å²) in [7, 11) is -1.79. The second-order valence-electron chi connectivity index (χ2n) is 4.15. The Hall–Kier alpha value is -1.03. The molecule has 9 heteroatoms. The lowest BCUT2D eigenvalue weighted by Crippen LogP contribution is -2.30. The molecule has 0 saturated heterocycles. The van der Waals surface area contributed by atoms with Crippen molar-refractivity contribution in [3.05, 3.63) is 15.6 Å². The normalized spacial score (nSPS) is 11.8. The average molecular weight is 307 g/mol. The van der Waals surface area contributed by atoms with Crippen molar-refractivity contribution in [1.82, 2.24) is 10.4 Å². The standard InChI is InChI=1S/C10H17N3O4S2/c1-6(2)19(15,16)5-8-12-7(4-17-3)9(18-8)10(14)13-11/h6H,4-5,11H2,1-3H3,(H,13,14). The second kappa shape index (κ2) is 6.42. The summed E-state index contributed by atoms with van der Waals surface area (Å²) in [5.74, 6) is 4.38. The maximum absolute atomic E-state index is 11.8. The number of carbonyl (C=O) groups is 1. The van der Waals surface area contributed by atoms with E-state index in [9.17, 15) is 13.2 Å². The van der Waals surface area contributed by atoms with Crippen LogP contribution in [0.15, 0.2) is 0 Å². The van der Waals surface area contributed by atoms with Gasteiger partial charge in [0.05, 0.1) is 17.6 Å². The van der Waals surface area contributed by atoms with Crippen LogP contribution in [0.25, 0.3) is 0 Å². The molecule has 0 aliphatic carbocycles. The van der Waals surface area contributed by atoms with Gasteiger partial charge in [-0.15, -0.1) is 11.3 Å². The van der Waals surface area contributed by atoms with Crippen LogP contribution in [-0.2, 0) is 26.9 Å². The van der Waals surface area contributed by atoms with Gasteiger partial charge >= 0.3 is 0 Å². The summed E-state index contributed by atoms with van der Waals surface area (Å²) in [6.45, 7) is 3.33. The molecule has 3 N–H and O–H groups in total. The first-order valence-electron chi connectivity index (χ1n) is 5.51. The third-order valence-electron chi connectivity index (χ3n) is 2.40. The van der Waals surface area contributed by atoms with Gasteiger partial charge in [0, 0.05) is 7.11 Å². The van der Waals surface area contributed by atoms with E-state index in [1.54, 1.807) is 13.8 Å². The van der Waals surface area contributed by atoms with Crippen molar-refractivity contribution in [2.24, 2.45) is 5.84 Å². The molecule has 0 radical (unpaired) electrons. The molecule has 108 valence electrons. The first-order chi connectivity index (χ1) is 8.81. The highest BCUT2D eigenvalue weighted by Gasteiger charge is 2.23. The van der Waals surface area contributed by atoms with Crippen LogP contribution in [0.3, 0.4) is 0 Å². The van der Waals surface area contributed by atoms with Gasteiger partial charge in [0.1, 0.15) is 15.6 Å². The molecule has 0 atom stereocenters. The Morgan fingerprint density at radius 2 is 2.16 bits per heavy atom. The van der Waals surface area contributed by atoms with E-state index >= 15 is 0 Å². The third-order valence-corrected chi connectivity index (χ3v) is 5.79. The van der Waals surface area contributed by atoms with Gasteiger partial charge < -0.3 is 4.74 Å². The van der Waals surface area contributed by atoms with Crippen LogP contribution in [-0.4, -0.2) is 31.7 Å². The molecule has 7 nitrogen and oxygen atoms in total. The van der Waals surface area contributed by atoms with Gasteiger partial charge in [0.25, 0.3) is 5.91 Å². The average Bonchev–Trinajstić information content (AvgIpc) is 2.70. The lowest BCUT2D eigenvalue weighted by molar-refractivity contribution is 0.0952. The summed E-state index contributed by atoms with van der Waals surface area (Å²) in [4.78, 5) is 16.0. The predicted molar refractivity (Wildman–Crippen MR) is 72.2 cm³/mol. The first-order valence-corrected chi connectivity index (χ1v) is 8.05. The Kier molecular flexibility index (Phi) is 5.41. The number of ether oxygens (including phenoxy) is 1. The SMILES string of the molecule is COCc1nc(CS(=O)(=O)C(C)C)sc1C(=O)NN. The van der Waals surface area contributed by atoms with Crippen LogP contribution in [0.5, 0.6) is 0 Å². The van der Waals surface area contributed by atoms with E-state index in [4.69, 9.17) is 10.6 Å². The lowest BCUT2D eigenvalue weighted by atomic mass is 10.3. The molecule has 0 spiro atoms. The minimum atomic E-state index is -3.26. The molecule has 0 aromatic carbocycles. The molecule has 0 saturated carbocycles. The van der Waals surface area contributed by atoms with Crippen molar-refractivity contribution >= 4 is 27.1 Å². The Morgan fingerprint density at radius 1 is 1.53 bits per heavy atom. The van der Waals surface area contributed by atoms with E-state index in [0.29, 0.717) is 10.7 Å².